The number of alkyl halides is 2. The molecule has 0 spiro atoms. The van der Waals surface area contributed by atoms with Gasteiger partial charge in [-0.15, -0.1) is 0 Å². The molecule has 1 amide bonds. The van der Waals surface area contributed by atoms with Gasteiger partial charge in [0.05, 0.1) is 38.9 Å². The molecule has 0 radical (unpaired) electrons. The number of hydrogen-bond acceptors (Lipinski definition) is 6. The predicted molar refractivity (Wildman–Crippen MR) is 117 cm³/mol. The molecule has 170 valence electrons. The van der Waals surface area contributed by atoms with E-state index in [4.69, 9.17) is 14.2 Å². The molecule has 0 bridgehead atoms. The van der Waals surface area contributed by atoms with Crippen molar-refractivity contribution < 1.29 is 27.8 Å². The monoisotopic (exact) mass is 454 g/mol. The van der Waals surface area contributed by atoms with Crippen LogP contribution >= 0.6 is 0 Å². The summed E-state index contributed by atoms with van der Waals surface area (Å²) in [6, 6.07) is 12.9. The van der Waals surface area contributed by atoms with Crippen LogP contribution in [0, 0.1) is 0 Å². The number of hydrogen-bond donors (Lipinski definition) is 1. The number of nitrogens with one attached hydrogen (secondary N) is 1. The second-order valence-electron chi connectivity index (χ2n) is 6.91. The van der Waals surface area contributed by atoms with E-state index in [1.54, 1.807) is 42.5 Å². The highest BCUT2D eigenvalue weighted by atomic mass is 19.3. The summed E-state index contributed by atoms with van der Waals surface area (Å²) >= 11 is 0. The molecule has 1 N–H and O–H groups in total. The average molecular weight is 454 g/mol. The van der Waals surface area contributed by atoms with E-state index in [-0.39, 0.29) is 22.6 Å². The van der Waals surface area contributed by atoms with Crippen LogP contribution in [0.5, 0.6) is 17.2 Å². The molecular formula is C23H20F2N4O4. The smallest absolute Gasteiger partial charge is 0.280 e. The Hall–Kier alpha value is -4.21. The van der Waals surface area contributed by atoms with Gasteiger partial charge in [0.25, 0.3) is 12.3 Å². The van der Waals surface area contributed by atoms with Gasteiger partial charge in [0, 0.05) is 11.6 Å². The highest BCUT2D eigenvalue weighted by Crippen LogP contribution is 2.31. The normalized spacial score (nSPS) is 11.0. The van der Waals surface area contributed by atoms with Gasteiger partial charge in [0.15, 0.2) is 5.65 Å². The molecule has 0 aliphatic heterocycles. The first kappa shape index (κ1) is 22.0. The maximum atomic E-state index is 13.8. The molecule has 0 aliphatic carbocycles. The highest BCUT2D eigenvalue weighted by molar-refractivity contribution is 6.09. The Morgan fingerprint density at radius 1 is 0.970 bits per heavy atom. The van der Waals surface area contributed by atoms with Crippen LogP contribution in [-0.4, -0.2) is 41.8 Å². The standard InChI is InChI=1S/C23H20F2N4O4/c1-31-14-6-4-13(5-7-14)18-11-19(21(24)25)29-22(27-18)16(12-26-29)23(30)28-17-9-8-15(32-2)10-20(17)33-3/h4-12,21H,1-3H3,(H,28,30). The number of aromatic nitrogens is 3. The Morgan fingerprint density at radius 3 is 2.30 bits per heavy atom. The fourth-order valence-electron chi connectivity index (χ4n) is 3.30. The lowest BCUT2D eigenvalue weighted by molar-refractivity contribution is 0.102. The molecule has 8 nitrogen and oxygen atoms in total. The first-order chi connectivity index (χ1) is 15.9. The van der Waals surface area contributed by atoms with Crippen molar-refractivity contribution in [2.45, 2.75) is 6.43 Å². The van der Waals surface area contributed by atoms with Gasteiger partial charge in [-0.25, -0.2) is 18.3 Å². The molecule has 10 heteroatoms. The third-order valence-electron chi connectivity index (χ3n) is 5.01. The number of fused-ring (bicyclic) bond motifs is 1. The summed E-state index contributed by atoms with van der Waals surface area (Å²) in [5, 5.41) is 6.69. The first-order valence-corrected chi connectivity index (χ1v) is 9.79. The summed E-state index contributed by atoms with van der Waals surface area (Å²) in [5.74, 6) is 0.965. The van der Waals surface area contributed by atoms with Gasteiger partial charge >= 0.3 is 0 Å². The van der Waals surface area contributed by atoms with E-state index in [1.807, 2.05) is 0 Å². The molecule has 2 heterocycles. The molecule has 4 aromatic rings. The zero-order valence-electron chi connectivity index (χ0n) is 18.0. The van der Waals surface area contributed by atoms with Crippen LogP contribution in [0.1, 0.15) is 22.5 Å². The molecule has 0 atom stereocenters. The third kappa shape index (κ3) is 4.27. The number of methoxy groups -OCH3 is 3. The summed E-state index contributed by atoms with van der Waals surface area (Å²) < 4.78 is 44.2. The minimum absolute atomic E-state index is 0.00333. The van der Waals surface area contributed by atoms with Crippen LogP contribution in [0.4, 0.5) is 14.5 Å². The fourth-order valence-corrected chi connectivity index (χ4v) is 3.30. The van der Waals surface area contributed by atoms with E-state index in [9.17, 15) is 13.6 Å². The Labute approximate surface area is 187 Å². The molecule has 0 saturated heterocycles. The molecular weight excluding hydrogens is 434 g/mol. The van der Waals surface area contributed by atoms with Crippen LogP contribution in [0.15, 0.2) is 54.7 Å². The number of benzene rings is 2. The van der Waals surface area contributed by atoms with Crippen molar-refractivity contribution >= 4 is 17.2 Å². The molecule has 2 aromatic carbocycles. The quantitative estimate of drug-likeness (QED) is 0.439. The van der Waals surface area contributed by atoms with Gasteiger partial charge in [-0.05, 0) is 42.5 Å². The van der Waals surface area contributed by atoms with E-state index in [0.29, 0.717) is 28.5 Å². The van der Waals surface area contributed by atoms with Crippen molar-refractivity contribution in [3.05, 3.63) is 66.0 Å². The number of amides is 1. The second-order valence-corrected chi connectivity index (χ2v) is 6.91. The molecule has 0 aliphatic rings. The topological polar surface area (TPSA) is 87.0 Å². The van der Waals surface area contributed by atoms with Gasteiger partial charge < -0.3 is 19.5 Å². The zero-order valence-corrected chi connectivity index (χ0v) is 18.0. The van der Waals surface area contributed by atoms with Crippen LogP contribution in [-0.2, 0) is 0 Å². The fraction of sp³-hybridized carbons (Fsp3) is 0.174. The summed E-state index contributed by atoms with van der Waals surface area (Å²) in [5.41, 5.74) is 0.894. The Kier molecular flexibility index (Phi) is 6.07. The van der Waals surface area contributed by atoms with Crippen molar-refractivity contribution in [1.82, 2.24) is 14.6 Å². The van der Waals surface area contributed by atoms with E-state index >= 15 is 0 Å². The number of ether oxygens (including phenoxy) is 3. The van der Waals surface area contributed by atoms with Crippen LogP contribution in [0.3, 0.4) is 0 Å². The van der Waals surface area contributed by atoms with Gasteiger partial charge in [-0.1, -0.05) is 0 Å². The van der Waals surface area contributed by atoms with E-state index in [1.165, 1.54) is 33.6 Å². The van der Waals surface area contributed by atoms with E-state index < -0.39 is 12.3 Å². The van der Waals surface area contributed by atoms with Gasteiger partial charge in [0.1, 0.15) is 28.5 Å². The van der Waals surface area contributed by atoms with Crippen molar-refractivity contribution in [3.8, 4) is 28.5 Å². The molecule has 4 rings (SSSR count). The maximum Gasteiger partial charge on any atom is 0.280 e. The molecule has 2 aromatic heterocycles. The predicted octanol–water partition coefficient (Wildman–Crippen LogP) is 4.61. The van der Waals surface area contributed by atoms with Crippen LogP contribution < -0.4 is 19.5 Å². The van der Waals surface area contributed by atoms with Crippen molar-refractivity contribution in [2.75, 3.05) is 26.6 Å². The van der Waals surface area contributed by atoms with Gasteiger partial charge in [0.2, 0.25) is 0 Å². The zero-order chi connectivity index (χ0) is 23.5. The lowest BCUT2D eigenvalue weighted by Crippen LogP contribution is -2.13. The number of carbonyl (C=O) groups excluding carboxylic acids is 1. The summed E-state index contributed by atoms with van der Waals surface area (Å²) in [7, 11) is 4.50. The van der Waals surface area contributed by atoms with Crippen LogP contribution in [0.25, 0.3) is 16.9 Å². The largest absolute Gasteiger partial charge is 0.497 e. The average Bonchev–Trinajstić information content (AvgIpc) is 3.27. The number of anilines is 1. The maximum absolute atomic E-state index is 13.8. The SMILES string of the molecule is COc1ccc(-c2cc(C(F)F)n3ncc(C(=O)Nc4ccc(OC)cc4OC)c3n2)cc1. The minimum Gasteiger partial charge on any atom is -0.497 e. The van der Waals surface area contributed by atoms with Crippen molar-refractivity contribution in [2.24, 2.45) is 0 Å². The minimum atomic E-state index is -2.83. The van der Waals surface area contributed by atoms with Crippen molar-refractivity contribution in [3.63, 3.8) is 0 Å². The molecule has 0 saturated carbocycles. The molecule has 0 unspecified atom stereocenters. The lowest BCUT2D eigenvalue weighted by Gasteiger charge is -2.12. The Morgan fingerprint density at radius 2 is 1.67 bits per heavy atom. The summed E-state index contributed by atoms with van der Waals surface area (Å²) in [6.45, 7) is 0. The number of carbonyl (C=O) groups is 1. The number of nitrogens with zero attached hydrogens (tertiary/aromatic N) is 3. The molecule has 0 fully saturated rings. The number of rotatable bonds is 7. The van der Waals surface area contributed by atoms with Crippen LogP contribution in [0.2, 0.25) is 0 Å². The summed E-state index contributed by atoms with van der Waals surface area (Å²) in [6.07, 6.45) is -1.62. The Bertz CT molecular complexity index is 1310. The van der Waals surface area contributed by atoms with E-state index in [2.05, 4.69) is 15.4 Å². The Balaban J connectivity index is 1.76. The van der Waals surface area contributed by atoms with Crippen molar-refractivity contribution in [1.29, 1.82) is 0 Å². The first-order valence-electron chi connectivity index (χ1n) is 9.79. The third-order valence-corrected chi connectivity index (χ3v) is 5.01. The van der Waals surface area contributed by atoms with E-state index in [0.717, 1.165) is 4.52 Å². The second kappa shape index (κ2) is 9.11. The molecule has 33 heavy (non-hydrogen) atoms. The van der Waals surface area contributed by atoms with Gasteiger partial charge in [-0.2, -0.15) is 5.10 Å². The highest BCUT2D eigenvalue weighted by Gasteiger charge is 2.22. The summed E-state index contributed by atoms with van der Waals surface area (Å²) in [4.78, 5) is 17.5. The lowest BCUT2D eigenvalue weighted by atomic mass is 10.1. The van der Waals surface area contributed by atoms with Gasteiger partial charge in [-0.3, -0.25) is 4.79 Å². The number of halogens is 2.